The Labute approximate surface area is 153 Å². The van der Waals surface area contributed by atoms with E-state index >= 15 is 0 Å². The minimum Gasteiger partial charge on any atom is -0.497 e. The van der Waals surface area contributed by atoms with Crippen LogP contribution in [0.2, 0.25) is 0 Å². The first-order valence-corrected chi connectivity index (χ1v) is 8.34. The molecule has 0 radical (unpaired) electrons. The number of hydrogen-bond acceptors (Lipinski definition) is 4. The van der Waals surface area contributed by atoms with Crippen LogP contribution in [0, 0.1) is 13.8 Å². The Kier molecular flexibility index (Phi) is 7.02. The lowest BCUT2D eigenvalue weighted by atomic mass is 10.1. The molecule has 0 aromatic heterocycles. The fourth-order valence-corrected chi connectivity index (χ4v) is 2.34. The van der Waals surface area contributed by atoms with Crippen molar-refractivity contribution in [1.82, 2.24) is 10.6 Å². The normalized spacial score (nSPS) is 10.1. The number of benzene rings is 2. The van der Waals surface area contributed by atoms with E-state index < -0.39 is 0 Å². The van der Waals surface area contributed by atoms with Crippen LogP contribution in [0.25, 0.3) is 0 Å². The zero-order valence-electron chi connectivity index (χ0n) is 15.3. The zero-order chi connectivity index (χ0) is 18.9. The van der Waals surface area contributed by atoms with Crippen LogP contribution in [0.3, 0.4) is 0 Å². The molecule has 0 aliphatic rings. The number of nitrogens with one attached hydrogen (secondary N) is 2. The number of ether oxygens (including phenoxy) is 2. The number of amides is 2. The highest BCUT2D eigenvalue weighted by Crippen LogP contribution is 2.18. The van der Waals surface area contributed by atoms with Crippen molar-refractivity contribution in [3.05, 3.63) is 59.2 Å². The molecule has 0 heterocycles. The highest BCUT2D eigenvalue weighted by atomic mass is 16.5. The van der Waals surface area contributed by atoms with E-state index in [1.165, 1.54) is 0 Å². The van der Waals surface area contributed by atoms with Gasteiger partial charge in [-0.3, -0.25) is 9.59 Å². The van der Waals surface area contributed by atoms with Crippen molar-refractivity contribution < 1.29 is 19.1 Å². The molecule has 138 valence electrons. The molecule has 0 saturated carbocycles. The number of methoxy groups -OCH3 is 1. The summed E-state index contributed by atoms with van der Waals surface area (Å²) in [6.07, 6.45) is 0. The summed E-state index contributed by atoms with van der Waals surface area (Å²) >= 11 is 0. The standard InChI is InChI=1S/C20H24N2O4/c1-14-4-9-18(15(2)10-14)26-13-20(24)22-12-19(23)21-11-16-5-7-17(25-3)8-6-16/h4-10H,11-13H2,1-3H3,(H,21,23)(H,22,24). The fraction of sp³-hybridized carbons (Fsp3) is 0.300. The molecule has 0 atom stereocenters. The summed E-state index contributed by atoms with van der Waals surface area (Å²) < 4.78 is 10.6. The van der Waals surface area contributed by atoms with Gasteiger partial charge in [0.15, 0.2) is 6.61 Å². The lowest BCUT2D eigenvalue weighted by Gasteiger charge is -2.10. The van der Waals surface area contributed by atoms with Crippen LogP contribution >= 0.6 is 0 Å². The lowest BCUT2D eigenvalue weighted by molar-refractivity contribution is -0.127. The molecule has 0 spiro atoms. The van der Waals surface area contributed by atoms with Gasteiger partial charge >= 0.3 is 0 Å². The first-order chi connectivity index (χ1) is 12.5. The molecule has 2 aromatic carbocycles. The molecule has 0 aliphatic carbocycles. The quantitative estimate of drug-likeness (QED) is 0.760. The third-order valence-electron chi connectivity index (χ3n) is 3.78. The van der Waals surface area contributed by atoms with E-state index in [4.69, 9.17) is 9.47 Å². The summed E-state index contributed by atoms with van der Waals surface area (Å²) in [6, 6.07) is 13.1. The monoisotopic (exact) mass is 356 g/mol. The number of rotatable bonds is 8. The maximum Gasteiger partial charge on any atom is 0.258 e. The Bertz CT molecular complexity index is 757. The molecule has 2 N–H and O–H groups in total. The highest BCUT2D eigenvalue weighted by molar-refractivity contribution is 5.85. The van der Waals surface area contributed by atoms with E-state index in [9.17, 15) is 9.59 Å². The van der Waals surface area contributed by atoms with E-state index in [-0.39, 0.29) is 25.0 Å². The van der Waals surface area contributed by atoms with Crippen LogP contribution in [0.1, 0.15) is 16.7 Å². The average Bonchev–Trinajstić information content (AvgIpc) is 2.64. The van der Waals surface area contributed by atoms with Gasteiger partial charge in [0.25, 0.3) is 5.91 Å². The molecule has 0 aliphatic heterocycles. The van der Waals surface area contributed by atoms with Crippen molar-refractivity contribution in [3.8, 4) is 11.5 Å². The van der Waals surface area contributed by atoms with Crippen molar-refractivity contribution in [2.75, 3.05) is 20.3 Å². The second-order valence-corrected chi connectivity index (χ2v) is 5.96. The van der Waals surface area contributed by atoms with Crippen LogP contribution in [-0.4, -0.2) is 32.1 Å². The van der Waals surface area contributed by atoms with Crippen molar-refractivity contribution >= 4 is 11.8 Å². The molecule has 6 nitrogen and oxygen atoms in total. The Morgan fingerprint density at radius 1 is 0.962 bits per heavy atom. The molecule has 0 unspecified atom stereocenters. The van der Waals surface area contributed by atoms with Crippen molar-refractivity contribution in [2.24, 2.45) is 0 Å². The van der Waals surface area contributed by atoms with Gasteiger partial charge in [-0.2, -0.15) is 0 Å². The van der Waals surface area contributed by atoms with Gasteiger partial charge in [-0.05, 0) is 43.2 Å². The molecular weight excluding hydrogens is 332 g/mol. The number of carbonyl (C=O) groups is 2. The number of carbonyl (C=O) groups excluding carboxylic acids is 2. The first-order valence-electron chi connectivity index (χ1n) is 8.34. The van der Waals surface area contributed by atoms with Gasteiger partial charge in [0.1, 0.15) is 11.5 Å². The number of aryl methyl sites for hydroxylation is 2. The van der Waals surface area contributed by atoms with Crippen LogP contribution in [0.15, 0.2) is 42.5 Å². The molecule has 26 heavy (non-hydrogen) atoms. The molecule has 2 aromatic rings. The van der Waals surface area contributed by atoms with Crippen LogP contribution in [0.4, 0.5) is 0 Å². The summed E-state index contributed by atoms with van der Waals surface area (Å²) in [5, 5.41) is 5.29. The Morgan fingerprint density at radius 2 is 1.69 bits per heavy atom. The smallest absolute Gasteiger partial charge is 0.258 e. The molecular formula is C20H24N2O4. The van der Waals surface area contributed by atoms with Gasteiger partial charge in [-0.15, -0.1) is 0 Å². The van der Waals surface area contributed by atoms with Crippen molar-refractivity contribution in [2.45, 2.75) is 20.4 Å². The predicted molar refractivity (Wildman–Crippen MR) is 99.3 cm³/mol. The predicted octanol–water partition coefficient (Wildman–Crippen LogP) is 2.12. The SMILES string of the molecule is COc1ccc(CNC(=O)CNC(=O)COc2ccc(C)cc2C)cc1. The maximum atomic E-state index is 11.8. The van der Waals surface area contributed by atoms with Gasteiger partial charge in [0.2, 0.25) is 5.91 Å². The lowest BCUT2D eigenvalue weighted by Crippen LogP contribution is -2.38. The molecule has 2 rings (SSSR count). The van der Waals surface area contributed by atoms with Crippen LogP contribution in [-0.2, 0) is 16.1 Å². The number of hydrogen-bond donors (Lipinski definition) is 2. The maximum absolute atomic E-state index is 11.8. The summed E-state index contributed by atoms with van der Waals surface area (Å²) in [4.78, 5) is 23.6. The van der Waals surface area contributed by atoms with Gasteiger partial charge < -0.3 is 20.1 Å². The summed E-state index contributed by atoms with van der Waals surface area (Å²) in [5.74, 6) is 0.816. The third-order valence-corrected chi connectivity index (χ3v) is 3.78. The fourth-order valence-electron chi connectivity index (χ4n) is 2.34. The van der Waals surface area contributed by atoms with Crippen LogP contribution < -0.4 is 20.1 Å². The van der Waals surface area contributed by atoms with Gasteiger partial charge in [-0.1, -0.05) is 29.8 Å². The van der Waals surface area contributed by atoms with E-state index in [2.05, 4.69) is 10.6 Å². The second kappa shape index (κ2) is 9.46. The van der Waals surface area contributed by atoms with Gasteiger partial charge in [0, 0.05) is 6.54 Å². The average molecular weight is 356 g/mol. The molecule has 0 bridgehead atoms. The largest absolute Gasteiger partial charge is 0.497 e. The summed E-state index contributed by atoms with van der Waals surface area (Å²) in [7, 11) is 1.60. The third kappa shape index (κ3) is 6.12. The molecule has 2 amide bonds. The zero-order valence-corrected chi connectivity index (χ0v) is 15.3. The summed E-state index contributed by atoms with van der Waals surface area (Å²) in [6.45, 7) is 4.08. The second-order valence-electron chi connectivity index (χ2n) is 5.96. The Hall–Kier alpha value is -3.02. The highest BCUT2D eigenvalue weighted by Gasteiger charge is 2.07. The molecule has 0 fully saturated rings. The van der Waals surface area contributed by atoms with Gasteiger partial charge in [-0.25, -0.2) is 0 Å². The van der Waals surface area contributed by atoms with Crippen LogP contribution in [0.5, 0.6) is 11.5 Å². The minimum absolute atomic E-state index is 0.0920. The van der Waals surface area contributed by atoms with E-state index in [1.54, 1.807) is 7.11 Å². The van der Waals surface area contributed by atoms with E-state index in [0.717, 1.165) is 22.4 Å². The topological polar surface area (TPSA) is 76.7 Å². The Morgan fingerprint density at radius 3 is 2.35 bits per heavy atom. The molecule has 6 heteroatoms. The first kappa shape index (κ1) is 19.3. The Balaban J connectivity index is 1.68. The van der Waals surface area contributed by atoms with Gasteiger partial charge in [0.05, 0.1) is 13.7 Å². The summed E-state index contributed by atoms with van der Waals surface area (Å²) in [5.41, 5.74) is 3.05. The van der Waals surface area contributed by atoms with Crippen molar-refractivity contribution in [3.63, 3.8) is 0 Å². The minimum atomic E-state index is -0.343. The van der Waals surface area contributed by atoms with Crippen molar-refractivity contribution in [1.29, 1.82) is 0 Å². The molecule has 0 saturated heterocycles. The van der Waals surface area contributed by atoms with E-state index in [0.29, 0.717) is 12.3 Å². The van der Waals surface area contributed by atoms with E-state index in [1.807, 2.05) is 56.3 Å².